The van der Waals surface area contributed by atoms with Crippen LogP contribution in [0.25, 0.3) is 11.2 Å². The molecule has 1 aromatic carbocycles. The molecule has 0 spiro atoms. The number of ether oxygens (including phenoxy) is 2. The first-order chi connectivity index (χ1) is 12.2. The van der Waals surface area contributed by atoms with Crippen molar-refractivity contribution >= 4 is 28.6 Å². The number of aliphatic hydroxyl groups is 1. The standard InChI is InChI=1S/C16H18N6O3/c1-24-11-4-3-10(9-12(11)25-2)20-16-21-14-13(17-5-6-18-14)15(22-16)19-7-8-23/h3-6,9,23H,7-8H2,1-2H3,(H2,18,19,20,21,22). The Kier molecular flexibility index (Phi) is 5.05. The van der Waals surface area contributed by atoms with Gasteiger partial charge in [0.25, 0.3) is 0 Å². The number of hydrogen-bond donors (Lipinski definition) is 3. The summed E-state index contributed by atoms with van der Waals surface area (Å²) in [5.74, 6) is 2.06. The van der Waals surface area contributed by atoms with Gasteiger partial charge in [0.15, 0.2) is 28.5 Å². The van der Waals surface area contributed by atoms with E-state index in [1.807, 2.05) is 6.07 Å². The molecule has 9 nitrogen and oxygen atoms in total. The molecule has 130 valence electrons. The first-order valence-electron chi connectivity index (χ1n) is 7.57. The third-order valence-electron chi connectivity index (χ3n) is 3.38. The van der Waals surface area contributed by atoms with Crippen molar-refractivity contribution in [3.8, 4) is 11.5 Å². The number of methoxy groups -OCH3 is 2. The molecule has 2 aromatic heterocycles. The minimum atomic E-state index is -0.0236. The zero-order valence-electron chi connectivity index (χ0n) is 13.9. The van der Waals surface area contributed by atoms with E-state index in [1.54, 1.807) is 38.7 Å². The Bertz CT molecular complexity index is 874. The molecule has 0 atom stereocenters. The minimum Gasteiger partial charge on any atom is -0.493 e. The van der Waals surface area contributed by atoms with Crippen molar-refractivity contribution in [2.24, 2.45) is 0 Å². The van der Waals surface area contributed by atoms with Crippen LogP contribution in [-0.2, 0) is 0 Å². The molecule has 0 aliphatic carbocycles. The maximum atomic E-state index is 9.03. The van der Waals surface area contributed by atoms with Crippen LogP contribution in [0.15, 0.2) is 30.6 Å². The molecule has 9 heteroatoms. The fraction of sp³-hybridized carbons (Fsp3) is 0.250. The second-order valence-electron chi connectivity index (χ2n) is 4.97. The minimum absolute atomic E-state index is 0.0236. The van der Waals surface area contributed by atoms with Crippen LogP contribution in [-0.4, -0.2) is 52.4 Å². The van der Waals surface area contributed by atoms with E-state index in [0.717, 1.165) is 5.69 Å². The Balaban J connectivity index is 1.95. The van der Waals surface area contributed by atoms with Crippen LogP contribution in [0.4, 0.5) is 17.5 Å². The summed E-state index contributed by atoms with van der Waals surface area (Å²) >= 11 is 0. The summed E-state index contributed by atoms with van der Waals surface area (Å²) in [6, 6.07) is 5.39. The predicted molar refractivity (Wildman–Crippen MR) is 93.5 cm³/mol. The lowest BCUT2D eigenvalue weighted by molar-refractivity contribution is 0.311. The third kappa shape index (κ3) is 3.66. The molecule has 0 saturated heterocycles. The molecule has 0 aliphatic rings. The Morgan fingerprint density at radius 2 is 1.84 bits per heavy atom. The Hall–Kier alpha value is -3.20. The van der Waals surface area contributed by atoms with Crippen molar-refractivity contribution in [2.45, 2.75) is 0 Å². The maximum absolute atomic E-state index is 9.03. The molecule has 0 unspecified atom stereocenters. The number of nitrogens with zero attached hydrogens (tertiary/aromatic N) is 4. The Labute approximate surface area is 144 Å². The summed E-state index contributed by atoms with van der Waals surface area (Å²) in [6.07, 6.45) is 3.13. The number of aromatic nitrogens is 4. The van der Waals surface area contributed by atoms with Gasteiger partial charge in [-0.25, -0.2) is 9.97 Å². The van der Waals surface area contributed by atoms with Crippen LogP contribution in [0.1, 0.15) is 0 Å². The monoisotopic (exact) mass is 342 g/mol. The SMILES string of the molecule is COc1ccc(Nc2nc(NCCO)c3nccnc3n2)cc1OC. The summed E-state index contributed by atoms with van der Waals surface area (Å²) in [4.78, 5) is 17.2. The number of hydrogen-bond acceptors (Lipinski definition) is 9. The van der Waals surface area contributed by atoms with Gasteiger partial charge in [-0.1, -0.05) is 0 Å². The van der Waals surface area contributed by atoms with Gasteiger partial charge in [0, 0.05) is 30.7 Å². The molecule has 2 heterocycles. The number of nitrogens with one attached hydrogen (secondary N) is 2. The van der Waals surface area contributed by atoms with Gasteiger partial charge in [-0.15, -0.1) is 0 Å². The summed E-state index contributed by atoms with van der Waals surface area (Å²) in [6.45, 7) is 0.322. The molecule has 25 heavy (non-hydrogen) atoms. The highest BCUT2D eigenvalue weighted by Gasteiger charge is 2.11. The number of fused-ring (bicyclic) bond motifs is 1. The topological polar surface area (TPSA) is 114 Å². The van der Waals surface area contributed by atoms with Gasteiger partial charge in [0.2, 0.25) is 5.95 Å². The van der Waals surface area contributed by atoms with Crippen molar-refractivity contribution < 1.29 is 14.6 Å². The highest BCUT2D eigenvalue weighted by molar-refractivity contribution is 5.83. The molecule has 3 aromatic rings. The average molecular weight is 342 g/mol. The van der Waals surface area contributed by atoms with E-state index in [1.165, 1.54) is 0 Å². The fourth-order valence-electron chi connectivity index (χ4n) is 2.26. The number of benzene rings is 1. The first-order valence-corrected chi connectivity index (χ1v) is 7.57. The first kappa shape index (κ1) is 16.7. The smallest absolute Gasteiger partial charge is 0.231 e. The van der Waals surface area contributed by atoms with E-state index in [4.69, 9.17) is 14.6 Å². The summed E-state index contributed by atoms with van der Waals surface area (Å²) in [7, 11) is 3.15. The van der Waals surface area contributed by atoms with Gasteiger partial charge >= 0.3 is 0 Å². The quantitative estimate of drug-likeness (QED) is 0.588. The molecular formula is C16H18N6O3. The van der Waals surface area contributed by atoms with Crippen molar-refractivity contribution in [3.05, 3.63) is 30.6 Å². The molecule has 3 rings (SSSR count). The van der Waals surface area contributed by atoms with Crippen LogP contribution in [0.3, 0.4) is 0 Å². The van der Waals surface area contributed by atoms with E-state index >= 15 is 0 Å². The van der Waals surface area contributed by atoms with Gasteiger partial charge < -0.3 is 25.2 Å². The van der Waals surface area contributed by atoms with Crippen molar-refractivity contribution in [1.29, 1.82) is 0 Å². The molecule has 0 radical (unpaired) electrons. The van der Waals surface area contributed by atoms with Gasteiger partial charge in [0.05, 0.1) is 20.8 Å². The van der Waals surface area contributed by atoms with Crippen molar-refractivity contribution in [2.75, 3.05) is 38.0 Å². The van der Waals surface area contributed by atoms with E-state index in [-0.39, 0.29) is 6.61 Å². The van der Waals surface area contributed by atoms with E-state index in [9.17, 15) is 0 Å². The zero-order chi connectivity index (χ0) is 17.6. The van der Waals surface area contributed by atoms with E-state index < -0.39 is 0 Å². The fourth-order valence-corrected chi connectivity index (χ4v) is 2.26. The lowest BCUT2D eigenvalue weighted by atomic mass is 10.3. The Morgan fingerprint density at radius 3 is 2.60 bits per heavy atom. The van der Waals surface area contributed by atoms with Crippen LogP contribution in [0, 0.1) is 0 Å². The van der Waals surface area contributed by atoms with Gasteiger partial charge in [0.1, 0.15) is 0 Å². The third-order valence-corrected chi connectivity index (χ3v) is 3.38. The highest BCUT2D eigenvalue weighted by atomic mass is 16.5. The second-order valence-corrected chi connectivity index (χ2v) is 4.97. The number of aliphatic hydroxyl groups excluding tert-OH is 1. The summed E-state index contributed by atoms with van der Waals surface area (Å²) in [5, 5.41) is 15.2. The van der Waals surface area contributed by atoms with Crippen molar-refractivity contribution in [1.82, 2.24) is 19.9 Å². The predicted octanol–water partition coefficient (Wildman–Crippen LogP) is 1.58. The molecule has 0 fully saturated rings. The van der Waals surface area contributed by atoms with Crippen LogP contribution >= 0.6 is 0 Å². The molecule has 0 aliphatic heterocycles. The molecule has 0 amide bonds. The zero-order valence-corrected chi connectivity index (χ0v) is 13.9. The van der Waals surface area contributed by atoms with Gasteiger partial charge in [-0.05, 0) is 12.1 Å². The average Bonchev–Trinajstić information content (AvgIpc) is 2.66. The van der Waals surface area contributed by atoms with E-state index in [0.29, 0.717) is 41.0 Å². The second kappa shape index (κ2) is 7.58. The number of rotatable bonds is 7. The van der Waals surface area contributed by atoms with Crippen LogP contribution in [0.2, 0.25) is 0 Å². The normalized spacial score (nSPS) is 10.5. The highest BCUT2D eigenvalue weighted by Crippen LogP contribution is 2.31. The number of anilines is 3. The van der Waals surface area contributed by atoms with E-state index in [2.05, 4.69) is 30.6 Å². The van der Waals surface area contributed by atoms with Gasteiger partial charge in [-0.2, -0.15) is 9.97 Å². The van der Waals surface area contributed by atoms with Crippen LogP contribution in [0.5, 0.6) is 11.5 Å². The molecular weight excluding hydrogens is 324 g/mol. The molecule has 0 saturated carbocycles. The largest absolute Gasteiger partial charge is 0.493 e. The van der Waals surface area contributed by atoms with Crippen LogP contribution < -0.4 is 20.1 Å². The van der Waals surface area contributed by atoms with Crippen molar-refractivity contribution in [3.63, 3.8) is 0 Å². The molecule has 3 N–H and O–H groups in total. The van der Waals surface area contributed by atoms with Gasteiger partial charge in [-0.3, -0.25) is 0 Å². The summed E-state index contributed by atoms with van der Waals surface area (Å²) < 4.78 is 10.5. The lowest BCUT2D eigenvalue weighted by Gasteiger charge is -2.12. The maximum Gasteiger partial charge on any atom is 0.231 e. The lowest BCUT2D eigenvalue weighted by Crippen LogP contribution is -2.10. The Morgan fingerprint density at radius 1 is 1.04 bits per heavy atom. The summed E-state index contributed by atoms with van der Waals surface area (Å²) in [5.41, 5.74) is 1.71. The molecule has 0 bridgehead atoms.